The van der Waals surface area contributed by atoms with Crippen molar-refractivity contribution in [3.63, 3.8) is 0 Å². The first-order chi connectivity index (χ1) is 9.06. The van der Waals surface area contributed by atoms with E-state index >= 15 is 0 Å². The molecule has 100 valence electrons. The Morgan fingerprint density at radius 3 is 3.00 bits per heavy atom. The van der Waals surface area contributed by atoms with Crippen molar-refractivity contribution in [2.24, 2.45) is 5.92 Å². The molecule has 1 amide bonds. The largest absolute Gasteiger partial charge is 0.397 e. The monoisotopic (exact) mass is 278 g/mol. The number of halogens is 1. The van der Waals surface area contributed by atoms with E-state index in [2.05, 4.69) is 6.92 Å². The van der Waals surface area contributed by atoms with Gasteiger partial charge >= 0.3 is 0 Å². The molecule has 1 unspecified atom stereocenters. The number of nitrogens with two attached hydrogens (primary N) is 1. The zero-order chi connectivity index (χ0) is 13.6. The average Bonchev–Trinajstić information content (AvgIpc) is 2.94. The molecule has 2 N–H and O–H groups in total. The van der Waals surface area contributed by atoms with Crippen LogP contribution in [0.3, 0.4) is 0 Å². The predicted octanol–water partition coefficient (Wildman–Crippen LogP) is 3.10. The lowest BCUT2D eigenvalue weighted by molar-refractivity contribution is 0.0794. The summed E-state index contributed by atoms with van der Waals surface area (Å²) in [6.07, 6.45) is 1.03. The third-order valence-electron chi connectivity index (χ3n) is 3.59. The number of anilines is 1. The van der Waals surface area contributed by atoms with E-state index in [4.69, 9.17) is 5.73 Å². The first kappa shape index (κ1) is 12.4. The number of fused-ring (bicyclic) bond motifs is 1. The number of carbonyl (C=O) groups is 1. The van der Waals surface area contributed by atoms with Gasteiger partial charge in [-0.15, -0.1) is 11.3 Å². The molecule has 0 aliphatic carbocycles. The van der Waals surface area contributed by atoms with Crippen LogP contribution in [0.25, 0.3) is 10.1 Å². The quantitative estimate of drug-likeness (QED) is 0.871. The Labute approximate surface area is 114 Å². The Hall–Kier alpha value is -1.62. The number of carbonyl (C=O) groups excluding carboxylic acids is 1. The molecule has 1 aliphatic rings. The van der Waals surface area contributed by atoms with Crippen LogP contribution in [-0.2, 0) is 0 Å². The summed E-state index contributed by atoms with van der Waals surface area (Å²) in [6, 6.07) is 4.46. The molecule has 0 bridgehead atoms. The Kier molecular flexibility index (Phi) is 2.93. The molecule has 0 spiro atoms. The van der Waals surface area contributed by atoms with Gasteiger partial charge in [0.25, 0.3) is 5.91 Å². The minimum atomic E-state index is -0.328. The minimum absolute atomic E-state index is 0.0246. The Bertz CT molecular complexity index is 652. The standard InChI is InChI=1S/C14H15FN2OS/c1-8-4-5-17(7-8)14(18)13-12(16)10-6-9(15)2-3-11(10)19-13/h2-3,6,8H,4-5,7,16H2,1H3. The molecular formula is C14H15FN2OS. The maximum absolute atomic E-state index is 13.2. The smallest absolute Gasteiger partial charge is 0.266 e. The maximum Gasteiger partial charge on any atom is 0.266 e. The number of nitrogen functional groups attached to an aromatic ring is 1. The molecule has 19 heavy (non-hydrogen) atoms. The molecule has 3 nitrogen and oxygen atoms in total. The fourth-order valence-electron chi connectivity index (χ4n) is 2.51. The van der Waals surface area contributed by atoms with Crippen LogP contribution in [0.2, 0.25) is 0 Å². The van der Waals surface area contributed by atoms with Gasteiger partial charge in [-0.3, -0.25) is 4.79 Å². The van der Waals surface area contributed by atoms with Gasteiger partial charge in [0, 0.05) is 23.2 Å². The van der Waals surface area contributed by atoms with E-state index in [-0.39, 0.29) is 11.7 Å². The van der Waals surface area contributed by atoms with Crippen LogP contribution in [0.4, 0.5) is 10.1 Å². The van der Waals surface area contributed by atoms with Crippen LogP contribution in [0.1, 0.15) is 23.0 Å². The van der Waals surface area contributed by atoms with Crippen molar-refractivity contribution < 1.29 is 9.18 Å². The van der Waals surface area contributed by atoms with Gasteiger partial charge in [-0.1, -0.05) is 6.92 Å². The molecule has 2 aromatic rings. The molecule has 1 aromatic carbocycles. The second kappa shape index (κ2) is 4.49. The van der Waals surface area contributed by atoms with Gasteiger partial charge in [-0.05, 0) is 30.5 Å². The van der Waals surface area contributed by atoms with E-state index in [1.807, 2.05) is 4.90 Å². The second-order valence-electron chi connectivity index (χ2n) is 5.13. The molecule has 1 aliphatic heterocycles. The van der Waals surface area contributed by atoms with Crippen molar-refractivity contribution in [1.29, 1.82) is 0 Å². The second-order valence-corrected chi connectivity index (χ2v) is 6.18. The highest BCUT2D eigenvalue weighted by molar-refractivity contribution is 7.21. The molecule has 1 aromatic heterocycles. The third-order valence-corrected chi connectivity index (χ3v) is 4.77. The summed E-state index contributed by atoms with van der Waals surface area (Å²) < 4.78 is 14.1. The minimum Gasteiger partial charge on any atom is -0.397 e. The molecule has 0 saturated carbocycles. The topological polar surface area (TPSA) is 46.3 Å². The number of nitrogens with zero attached hydrogens (tertiary/aromatic N) is 1. The summed E-state index contributed by atoms with van der Waals surface area (Å²) in [5, 5.41) is 0.639. The molecule has 5 heteroatoms. The number of hydrogen-bond acceptors (Lipinski definition) is 3. The first-order valence-electron chi connectivity index (χ1n) is 6.33. The number of thiophene rings is 1. The summed E-state index contributed by atoms with van der Waals surface area (Å²) in [7, 11) is 0. The van der Waals surface area contributed by atoms with E-state index in [9.17, 15) is 9.18 Å². The summed E-state index contributed by atoms with van der Waals surface area (Å²) in [6.45, 7) is 3.69. The highest BCUT2D eigenvalue weighted by atomic mass is 32.1. The van der Waals surface area contributed by atoms with Gasteiger partial charge in [-0.25, -0.2) is 4.39 Å². The summed E-state index contributed by atoms with van der Waals surface area (Å²) in [5.74, 6) is 0.186. The van der Waals surface area contributed by atoms with Gasteiger partial charge in [0.05, 0.1) is 5.69 Å². The zero-order valence-corrected chi connectivity index (χ0v) is 11.5. The third kappa shape index (κ3) is 2.08. The molecular weight excluding hydrogens is 263 g/mol. The van der Waals surface area contributed by atoms with Gasteiger partial charge in [0.2, 0.25) is 0 Å². The van der Waals surface area contributed by atoms with Crippen molar-refractivity contribution in [3.05, 3.63) is 28.9 Å². The Morgan fingerprint density at radius 1 is 1.53 bits per heavy atom. The number of likely N-dealkylation sites (tertiary alicyclic amines) is 1. The number of hydrogen-bond donors (Lipinski definition) is 1. The molecule has 2 heterocycles. The van der Waals surface area contributed by atoms with Crippen molar-refractivity contribution in [3.8, 4) is 0 Å². The highest BCUT2D eigenvalue weighted by Crippen LogP contribution is 2.35. The highest BCUT2D eigenvalue weighted by Gasteiger charge is 2.27. The molecule has 1 saturated heterocycles. The lowest BCUT2D eigenvalue weighted by atomic mass is 10.2. The summed E-state index contributed by atoms with van der Waals surface area (Å²) in [5.41, 5.74) is 6.41. The van der Waals surface area contributed by atoms with Crippen LogP contribution < -0.4 is 5.73 Å². The molecule has 3 rings (SSSR count). The fourth-order valence-corrected chi connectivity index (χ4v) is 3.58. The normalized spacial score (nSPS) is 19.3. The number of benzene rings is 1. The summed E-state index contributed by atoms with van der Waals surface area (Å²) >= 11 is 1.35. The van der Waals surface area contributed by atoms with Crippen molar-refractivity contribution in [2.75, 3.05) is 18.8 Å². The van der Waals surface area contributed by atoms with Crippen LogP contribution in [0.15, 0.2) is 18.2 Å². The van der Waals surface area contributed by atoms with Gasteiger partial charge in [0.1, 0.15) is 10.7 Å². The van der Waals surface area contributed by atoms with Crippen LogP contribution in [-0.4, -0.2) is 23.9 Å². The Balaban J connectivity index is 2.01. The summed E-state index contributed by atoms with van der Waals surface area (Å²) in [4.78, 5) is 14.8. The van der Waals surface area contributed by atoms with Crippen molar-refractivity contribution in [2.45, 2.75) is 13.3 Å². The van der Waals surface area contributed by atoms with Crippen molar-refractivity contribution in [1.82, 2.24) is 4.90 Å². The lowest BCUT2D eigenvalue weighted by Crippen LogP contribution is -2.28. The van der Waals surface area contributed by atoms with E-state index < -0.39 is 0 Å². The van der Waals surface area contributed by atoms with Crippen LogP contribution >= 0.6 is 11.3 Å². The van der Waals surface area contributed by atoms with Crippen LogP contribution in [0.5, 0.6) is 0 Å². The van der Waals surface area contributed by atoms with Crippen LogP contribution in [0, 0.1) is 11.7 Å². The maximum atomic E-state index is 13.2. The van der Waals surface area contributed by atoms with Crippen molar-refractivity contribution >= 4 is 33.0 Å². The van der Waals surface area contributed by atoms with Gasteiger partial charge < -0.3 is 10.6 Å². The predicted molar refractivity (Wildman–Crippen MR) is 75.9 cm³/mol. The average molecular weight is 278 g/mol. The molecule has 1 fully saturated rings. The first-order valence-corrected chi connectivity index (χ1v) is 7.14. The lowest BCUT2D eigenvalue weighted by Gasteiger charge is -2.14. The number of rotatable bonds is 1. The molecule has 0 radical (unpaired) electrons. The van der Waals surface area contributed by atoms with E-state index in [0.29, 0.717) is 21.9 Å². The van der Waals surface area contributed by atoms with Gasteiger partial charge in [0.15, 0.2) is 0 Å². The van der Waals surface area contributed by atoms with E-state index in [1.165, 1.54) is 23.5 Å². The van der Waals surface area contributed by atoms with Gasteiger partial charge in [-0.2, -0.15) is 0 Å². The fraction of sp³-hybridized carbons (Fsp3) is 0.357. The zero-order valence-electron chi connectivity index (χ0n) is 10.6. The van der Waals surface area contributed by atoms with E-state index in [1.54, 1.807) is 6.07 Å². The van der Waals surface area contributed by atoms with E-state index in [0.717, 1.165) is 24.2 Å². The number of amides is 1. The SMILES string of the molecule is CC1CCN(C(=O)c2sc3ccc(F)cc3c2N)C1. The Morgan fingerprint density at radius 2 is 2.32 bits per heavy atom. The molecule has 1 atom stereocenters.